The zero-order chi connectivity index (χ0) is 9.68. The van der Waals surface area contributed by atoms with E-state index in [2.05, 4.69) is 70.0 Å². The quantitative estimate of drug-likeness (QED) is 0.402. The third kappa shape index (κ3) is 3.23. The van der Waals surface area contributed by atoms with Gasteiger partial charge in [0.1, 0.15) is 0 Å². The summed E-state index contributed by atoms with van der Waals surface area (Å²) in [6.07, 6.45) is 4.18. The largest absolute Gasteiger partial charge is 0.103 e. The fraction of sp³-hybridized carbons (Fsp3) is 0.273. The first-order valence-electron chi connectivity index (χ1n) is 4.22. The smallest absolute Gasteiger partial charge is 0.0260 e. The topological polar surface area (TPSA) is 0 Å². The van der Waals surface area contributed by atoms with Gasteiger partial charge in [0.25, 0.3) is 0 Å². The fourth-order valence-electron chi connectivity index (χ4n) is 1.24. The molecule has 0 fully saturated rings. The lowest BCUT2D eigenvalue weighted by Crippen LogP contribution is -1.93. The highest BCUT2D eigenvalue weighted by molar-refractivity contribution is 14.1. The molecule has 1 aromatic carbocycles. The molecule has 0 heterocycles. The summed E-state index contributed by atoms with van der Waals surface area (Å²) >= 11 is 4.83. The summed E-state index contributed by atoms with van der Waals surface area (Å²) in [6.45, 7) is 3.75. The Labute approximate surface area is 107 Å². The van der Waals surface area contributed by atoms with E-state index in [0.717, 1.165) is 17.3 Å². The van der Waals surface area contributed by atoms with E-state index in [1.54, 1.807) is 0 Å². The van der Waals surface area contributed by atoms with Gasteiger partial charge in [-0.25, -0.2) is 0 Å². The maximum Gasteiger partial charge on any atom is 0.0260 e. The summed E-state index contributed by atoms with van der Waals surface area (Å²) in [4.78, 5) is 0. The molecule has 1 rings (SSSR count). The lowest BCUT2D eigenvalue weighted by Gasteiger charge is -2.07. The summed E-state index contributed by atoms with van der Waals surface area (Å²) in [5.41, 5.74) is 2.96. The molecule has 0 N–H and O–H groups in total. The lowest BCUT2D eigenvalue weighted by atomic mass is 10.0. The predicted octanol–water partition coefficient (Wildman–Crippen LogP) is 4.34. The molecule has 0 aliphatic rings. The Morgan fingerprint density at radius 2 is 2.15 bits per heavy atom. The van der Waals surface area contributed by atoms with Gasteiger partial charge in [-0.15, -0.1) is 6.58 Å². The molecular formula is C11H12I2. The van der Waals surface area contributed by atoms with Crippen LogP contribution in [0.1, 0.15) is 17.5 Å². The van der Waals surface area contributed by atoms with Crippen LogP contribution in [0, 0.1) is 3.57 Å². The summed E-state index contributed by atoms with van der Waals surface area (Å²) in [6, 6.07) is 6.53. The molecule has 0 aliphatic heterocycles. The Bertz CT molecular complexity index is 292. The van der Waals surface area contributed by atoms with Crippen LogP contribution in [0.5, 0.6) is 0 Å². The van der Waals surface area contributed by atoms with Gasteiger partial charge in [0.15, 0.2) is 0 Å². The first kappa shape index (κ1) is 11.5. The summed E-state index contributed by atoms with van der Waals surface area (Å²) < 4.78 is 2.48. The average Bonchev–Trinajstić information content (AvgIpc) is 2.15. The number of hydrogen-bond acceptors (Lipinski definition) is 0. The van der Waals surface area contributed by atoms with Crippen LogP contribution in [0.2, 0.25) is 0 Å². The zero-order valence-corrected chi connectivity index (χ0v) is 11.7. The van der Waals surface area contributed by atoms with Crippen molar-refractivity contribution in [2.75, 3.05) is 0 Å². The second kappa shape index (κ2) is 6.01. The van der Waals surface area contributed by atoms with Crippen LogP contribution in [0.4, 0.5) is 0 Å². The minimum Gasteiger partial charge on any atom is -0.103 e. The maximum absolute atomic E-state index is 3.75. The van der Waals surface area contributed by atoms with Crippen LogP contribution in [0.15, 0.2) is 30.9 Å². The van der Waals surface area contributed by atoms with E-state index in [-0.39, 0.29) is 0 Å². The van der Waals surface area contributed by atoms with Gasteiger partial charge < -0.3 is 0 Å². The summed E-state index contributed by atoms with van der Waals surface area (Å²) in [7, 11) is 0. The van der Waals surface area contributed by atoms with Gasteiger partial charge in [-0.3, -0.25) is 0 Å². The van der Waals surface area contributed by atoms with E-state index in [1.807, 2.05) is 6.08 Å². The van der Waals surface area contributed by atoms with Crippen molar-refractivity contribution in [2.24, 2.45) is 0 Å². The van der Waals surface area contributed by atoms with Gasteiger partial charge in [0, 0.05) is 8.00 Å². The molecule has 0 radical (unpaired) electrons. The minimum atomic E-state index is 1.07. The number of rotatable bonds is 4. The van der Waals surface area contributed by atoms with Crippen LogP contribution in [-0.4, -0.2) is 0 Å². The third-order valence-electron chi connectivity index (χ3n) is 1.97. The molecule has 0 aromatic heterocycles. The predicted molar refractivity (Wildman–Crippen MR) is 75.4 cm³/mol. The third-order valence-corrected chi connectivity index (χ3v) is 3.74. The van der Waals surface area contributed by atoms with Crippen molar-refractivity contribution < 1.29 is 0 Å². The van der Waals surface area contributed by atoms with Crippen LogP contribution < -0.4 is 0 Å². The molecule has 0 saturated carbocycles. The molecule has 0 saturated heterocycles. The van der Waals surface area contributed by atoms with Crippen LogP contribution >= 0.6 is 45.2 Å². The number of allylic oxidation sites excluding steroid dienone is 1. The van der Waals surface area contributed by atoms with E-state index >= 15 is 0 Å². The van der Waals surface area contributed by atoms with Crippen LogP contribution in [0.25, 0.3) is 0 Å². The standard InChI is InChI=1S/C11H12I2/c1-2-3-5-9-6-4-7-11(13)10(9)8-12/h2,4,6-7H,1,3,5,8H2. The van der Waals surface area contributed by atoms with Crippen molar-refractivity contribution in [3.05, 3.63) is 45.6 Å². The molecule has 0 unspecified atom stereocenters. The van der Waals surface area contributed by atoms with Gasteiger partial charge in [-0.05, 0) is 52.6 Å². The fourth-order valence-corrected chi connectivity index (χ4v) is 3.62. The Balaban J connectivity index is 2.91. The lowest BCUT2D eigenvalue weighted by molar-refractivity contribution is 0.986. The Hall–Kier alpha value is 0.420. The zero-order valence-electron chi connectivity index (χ0n) is 7.39. The first-order chi connectivity index (χ1) is 6.29. The normalized spacial score (nSPS) is 10.0. The van der Waals surface area contributed by atoms with Gasteiger partial charge in [-0.1, -0.05) is 40.8 Å². The van der Waals surface area contributed by atoms with Gasteiger partial charge in [-0.2, -0.15) is 0 Å². The molecule has 13 heavy (non-hydrogen) atoms. The Morgan fingerprint density at radius 3 is 2.77 bits per heavy atom. The monoisotopic (exact) mass is 398 g/mol. The first-order valence-corrected chi connectivity index (χ1v) is 6.83. The summed E-state index contributed by atoms with van der Waals surface area (Å²) in [5.74, 6) is 0. The Morgan fingerprint density at radius 1 is 1.38 bits per heavy atom. The number of alkyl halides is 1. The van der Waals surface area contributed by atoms with E-state index in [4.69, 9.17) is 0 Å². The maximum atomic E-state index is 3.75. The van der Waals surface area contributed by atoms with Gasteiger partial charge >= 0.3 is 0 Å². The van der Waals surface area contributed by atoms with Crippen LogP contribution in [0.3, 0.4) is 0 Å². The molecule has 0 amide bonds. The van der Waals surface area contributed by atoms with E-state index < -0.39 is 0 Å². The molecule has 1 aromatic rings. The van der Waals surface area contributed by atoms with Gasteiger partial charge in [0.2, 0.25) is 0 Å². The van der Waals surface area contributed by atoms with Crippen molar-refractivity contribution >= 4 is 45.2 Å². The highest BCUT2D eigenvalue weighted by atomic mass is 127. The second-order valence-electron chi connectivity index (χ2n) is 2.84. The SMILES string of the molecule is C=CCCc1cccc(I)c1CI. The van der Waals surface area contributed by atoms with Crippen molar-refractivity contribution in [3.8, 4) is 0 Å². The summed E-state index contributed by atoms with van der Waals surface area (Å²) in [5, 5.41) is 0. The van der Waals surface area contributed by atoms with Crippen molar-refractivity contribution in [1.29, 1.82) is 0 Å². The molecule has 70 valence electrons. The molecular weight excluding hydrogens is 386 g/mol. The number of hydrogen-bond donors (Lipinski definition) is 0. The molecule has 0 atom stereocenters. The molecule has 0 nitrogen and oxygen atoms in total. The molecule has 0 bridgehead atoms. The average molecular weight is 398 g/mol. The molecule has 2 heteroatoms. The number of aryl methyl sites for hydroxylation is 1. The number of halogens is 2. The Kier molecular flexibility index (Phi) is 5.31. The van der Waals surface area contributed by atoms with Crippen molar-refractivity contribution in [2.45, 2.75) is 17.3 Å². The number of benzene rings is 1. The molecule has 0 spiro atoms. The van der Waals surface area contributed by atoms with Crippen molar-refractivity contribution in [1.82, 2.24) is 0 Å². The minimum absolute atomic E-state index is 1.07. The van der Waals surface area contributed by atoms with E-state index in [1.165, 1.54) is 14.7 Å². The highest BCUT2D eigenvalue weighted by Gasteiger charge is 2.03. The van der Waals surface area contributed by atoms with E-state index in [9.17, 15) is 0 Å². The van der Waals surface area contributed by atoms with Crippen molar-refractivity contribution in [3.63, 3.8) is 0 Å². The second-order valence-corrected chi connectivity index (χ2v) is 4.76. The molecule has 0 aliphatic carbocycles. The van der Waals surface area contributed by atoms with E-state index in [0.29, 0.717) is 0 Å². The van der Waals surface area contributed by atoms with Crippen LogP contribution in [-0.2, 0) is 10.8 Å². The van der Waals surface area contributed by atoms with Gasteiger partial charge in [0.05, 0.1) is 0 Å². The highest BCUT2D eigenvalue weighted by Crippen LogP contribution is 2.21.